The first kappa shape index (κ1) is 16.4. The van der Waals surface area contributed by atoms with E-state index in [1.54, 1.807) is 0 Å². The molecule has 0 unspecified atom stereocenters. The lowest BCUT2D eigenvalue weighted by molar-refractivity contribution is 0.332. The van der Waals surface area contributed by atoms with Crippen LogP contribution < -0.4 is 15.6 Å². The van der Waals surface area contributed by atoms with Gasteiger partial charge in [0.15, 0.2) is 0 Å². The number of rotatable bonds is 5. The number of benzene rings is 1. The standard InChI is InChI=1S/C16H20ClN3O2/c1-16(2,3)11-4-6-12(7-5-11)22-9-8-18-13-10-19-20-15(21)14(13)17/h4-7,10H,8-9H2,1-3H3,(H2,18,20,21). The number of aromatic amines is 1. The molecule has 1 aromatic heterocycles. The maximum atomic E-state index is 11.3. The van der Waals surface area contributed by atoms with Gasteiger partial charge < -0.3 is 10.1 Å². The zero-order valence-corrected chi connectivity index (χ0v) is 13.7. The predicted octanol–water partition coefficient (Wildman–Crippen LogP) is 3.21. The van der Waals surface area contributed by atoms with Crippen molar-refractivity contribution in [1.82, 2.24) is 10.2 Å². The van der Waals surface area contributed by atoms with Crippen LogP contribution in [0.1, 0.15) is 26.3 Å². The summed E-state index contributed by atoms with van der Waals surface area (Å²) in [4.78, 5) is 11.3. The van der Waals surface area contributed by atoms with E-state index in [1.807, 2.05) is 12.1 Å². The summed E-state index contributed by atoms with van der Waals surface area (Å²) in [5, 5.41) is 9.08. The molecule has 1 heterocycles. The first-order valence-corrected chi connectivity index (χ1v) is 7.46. The highest BCUT2D eigenvalue weighted by Crippen LogP contribution is 2.24. The number of halogens is 1. The van der Waals surface area contributed by atoms with E-state index in [-0.39, 0.29) is 10.4 Å². The summed E-state index contributed by atoms with van der Waals surface area (Å²) in [6, 6.07) is 8.06. The van der Waals surface area contributed by atoms with Crippen molar-refractivity contribution < 1.29 is 4.74 Å². The van der Waals surface area contributed by atoms with Crippen molar-refractivity contribution in [2.75, 3.05) is 18.5 Å². The highest BCUT2D eigenvalue weighted by Gasteiger charge is 2.12. The van der Waals surface area contributed by atoms with Crippen LogP contribution in [0, 0.1) is 0 Å². The van der Waals surface area contributed by atoms with E-state index in [1.165, 1.54) is 11.8 Å². The van der Waals surface area contributed by atoms with Crippen LogP contribution in [0.25, 0.3) is 0 Å². The molecule has 6 heteroatoms. The maximum Gasteiger partial charge on any atom is 0.285 e. The van der Waals surface area contributed by atoms with Crippen molar-refractivity contribution in [3.8, 4) is 5.75 Å². The van der Waals surface area contributed by atoms with Gasteiger partial charge in [0.25, 0.3) is 5.56 Å². The number of ether oxygens (including phenoxy) is 1. The minimum absolute atomic E-state index is 0.101. The molecule has 0 saturated carbocycles. The Bertz CT molecular complexity index is 675. The summed E-state index contributed by atoms with van der Waals surface area (Å²) < 4.78 is 5.65. The van der Waals surface area contributed by atoms with E-state index in [4.69, 9.17) is 16.3 Å². The van der Waals surface area contributed by atoms with Crippen LogP contribution in [-0.4, -0.2) is 23.3 Å². The molecule has 0 aliphatic carbocycles. The summed E-state index contributed by atoms with van der Waals surface area (Å²) in [6.07, 6.45) is 1.47. The van der Waals surface area contributed by atoms with Gasteiger partial charge in [-0.1, -0.05) is 44.5 Å². The lowest BCUT2D eigenvalue weighted by Gasteiger charge is -2.19. The Morgan fingerprint density at radius 2 is 1.95 bits per heavy atom. The Labute approximate surface area is 134 Å². The third kappa shape index (κ3) is 4.24. The Morgan fingerprint density at radius 1 is 1.27 bits per heavy atom. The highest BCUT2D eigenvalue weighted by atomic mass is 35.5. The molecule has 0 aliphatic heterocycles. The zero-order valence-electron chi connectivity index (χ0n) is 12.9. The Kier molecular flexibility index (Phi) is 5.08. The van der Waals surface area contributed by atoms with Crippen LogP contribution in [0.2, 0.25) is 5.02 Å². The number of hydrogen-bond donors (Lipinski definition) is 2. The van der Waals surface area contributed by atoms with Gasteiger partial charge in [-0.15, -0.1) is 0 Å². The average molecular weight is 322 g/mol. The van der Waals surface area contributed by atoms with Crippen molar-refractivity contribution in [3.05, 3.63) is 51.4 Å². The normalized spacial score (nSPS) is 11.3. The Morgan fingerprint density at radius 3 is 2.59 bits per heavy atom. The smallest absolute Gasteiger partial charge is 0.285 e. The molecule has 5 nitrogen and oxygen atoms in total. The fourth-order valence-electron chi connectivity index (χ4n) is 1.91. The molecule has 0 aliphatic rings. The third-order valence-corrected chi connectivity index (χ3v) is 3.58. The highest BCUT2D eigenvalue weighted by molar-refractivity contribution is 6.32. The molecule has 2 N–H and O–H groups in total. The number of H-pyrrole nitrogens is 1. The van der Waals surface area contributed by atoms with E-state index in [0.717, 1.165) is 5.75 Å². The van der Waals surface area contributed by atoms with Gasteiger partial charge >= 0.3 is 0 Å². The topological polar surface area (TPSA) is 67.0 Å². The number of nitrogens with one attached hydrogen (secondary N) is 2. The summed E-state index contributed by atoms with van der Waals surface area (Å²) >= 11 is 5.86. The van der Waals surface area contributed by atoms with Crippen molar-refractivity contribution in [2.45, 2.75) is 26.2 Å². The summed E-state index contributed by atoms with van der Waals surface area (Å²) in [7, 11) is 0. The van der Waals surface area contributed by atoms with Crippen molar-refractivity contribution in [2.24, 2.45) is 0 Å². The molecule has 1 aromatic carbocycles. The van der Waals surface area contributed by atoms with E-state index < -0.39 is 5.56 Å². The van der Waals surface area contributed by atoms with Gasteiger partial charge in [0.2, 0.25) is 0 Å². The predicted molar refractivity (Wildman–Crippen MR) is 89.0 cm³/mol. The quantitative estimate of drug-likeness (QED) is 0.830. The van der Waals surface area contributed by atoms with E-state index >= 15 is 0 Å². The maximum absolute atomic E-state index is 11.3. The second kappa shape index (κ2) is 6.83. The van der Waals surface area contributed by atoms with Gasteiger partial charge in [-0.3, -0.25) is 4.79 Å². The summed E-state index contributed by atoms with van der Waals surface area (Å²) in [6.45, 7) is 7.49. The molecule has 0 bridgehead atoms. The third-order valence-electron chi connectivity index (χ3n) is 3.20. The molecule has 0 saturated heterocycles. The van der Waals surface area contributed by atoms with Crippen LogP contribution in [0.4, 0.5) is 5.69 Å². The Balaban J connectivity index is 1.84. The van der Waals surface area contributed by atoms with Gasteiger partial charge in [-0.25, -0.2) is 5.10 Å². The molecule has 0 atom stereocenters. The second-order valence-corrected chi connectivity index (χ2v) is 6.35. The van der Waals surface area contributed by atoms with E-state index in [0.29, 0.717) is 18.8 Å². The minimum atomic E-state index is -0.412. The van der Waals surface area contributed by atoms with Crippen LogP contribution in [-0.2, 0) is 5.41 Å². The number of aromatic nitrogens is 2. The minimum Gasteiger partial charge on any atom is -0.492 e. The van der Waals surface area contributed by atoms with Gasteiger partial charge in [0.05, 0.1) is 11.9 Å². The molecule has 0 fully saturated rings. The largest absolute Gasteiger partial charge is 0.492 e. The van der Waals surface area contributed by atoms with E-state index in [9.17, 15) is 4.79 Å². The number of nitrogens with zero attached hydrogens (tertiary/aromatic N) is 1. The molecule has 2 rings (SSSR count). The monoisotopic (exact) mass is 321 g/mol. The summed E-state index contributed by atoms with van der Waals surface area (Å²) in [5.74, 6) is 0.810. The molecule has 2 aromatic rings. The lowest BCUT2D eigenvalue weighted by Crippen LogP contribution is -2.16. The molecule has 22 heavy (non-hydrogen) atoms. The summed E-state index contributed by atoms with van der Waals surface area (Å²) in [5.41, 5.74) is 1.48. The first-order valence-electron chi connectivity index (χ1n) is 7.08. The van der Waals surface area contributed by atoms with Crippen molar-refractivity contribution in [1.29, 1.82) is 0 Å². The SMILES string of the molecule is CC(C)(C)c1ccc(OCCNc2cn[nH]c(=O)c2Cl)cc1. The molecule has 118 valence electrons. The van der Waals surface area contributed by atoms with Crippen LogP contribution in [0.15, 0.2) is 35.3 Å². The first-order chi connectivity index (χ1) is 10.4. The van der Waals surface area contributed by atoms with Crippen molar-refractivity contribution >= 4 is 17.3 Å². The second-order valence-electron chi connectivity index (χ2n) is 5.98. The molecule has 0 amide bonds. The fraction of sp³-hybridized carbons (Fsp3) is 0.375. The van der Waals surface area contributed by atoms with Crippen LogP contribution in [0.3, 0.4) is 0 Å². The van der Waals surface area contributed by atoms with E-state index in [2.05, 4.69) is 48.4 Å². The zero-order chi connectivity index (χ0) is 16.2. The lowest BCUT2D eigenvalue weighted by atomic mass is 9.87. The molecule has 0 radical (unpaired) electrons. The average Bonchev–Trinajstić information content (AvgIpc) is 2.47. The van der Waals surface area contributed by atoms with Crippen LogP contribution in [0.5, 0.6) is 5.75 Å². The van der Waals surface area contributed by atoms with Gasteiger partial charge in [-0.05, 0) is 23.1 Å². The fourth-order valence-corrected chi connectivity index (χ4v) is 2.07. The van der Waals surface area contributed by atoms with Gasteiger partial charge in [-0.2, -0.15) is 5.10 Å². The number of hydrogen-bond acceptors (Lipinski definition) is 4. The molecular weight excluding hydrogens is 302 g/mol. The van der Waals surface area contributed by atoms with Crippen molar-refractivity contribution in [3.63, 3.8) is 0 Å². The van der Waals surface area contributed by atoms with Gasteiger partial charge in [0.1, 0.15) is 17.4 Å². The number of anilines is 1. The molecular formula is C16H20ClN3O2. The van der Waals surface area contributed by atoms with Crippen LogP contribution >= 0.6 is 11.6 Å². The molecule has 0 spiro atoms. The Hall–Kier alpha value is -2.01. The van der Waals surface area contributed by atoms with Gasteiger partial charge in [0, 0.05) is 6.54 Å².